The minimum absolute atomic E-state index is 0.00279. The zero-order valence-corrected chi connectivity index (χ0v) is 20.6. The number of fused-ring (bicyclic) bond motifs is 2. The van der Waals surface area contributed by atoms with Crippen LogP contribution in [-0.2, 0) is 17.3 Å². The van der Waals surface area contributed by atoms with E-state index in [0.717, 1.165) is 39.2 Å². The number of carbonyl (C=O) groups is 1. The highest BCUT2D eigenvalue weighted by molar-refractivity contribution is 6.09. The van der Waals surface area contributed by atoms with Crippen molar-refractivity contribution >= 4 is 22.6 Å². The van der Waals surface area contributed by atoms with Crippen molar-refractivity contribution in [2.75, 3.05) is 11.4 Å². The Morgan fingerprint density at radius 3 is 2.41 bits per heavy atom. The second-order valence-corrected chi connectivity index (χ2v) is 9.75. The fraction of sp³-hybridized carbons (Fsp3) is 0.321. The highest BCUT2D eigenvalue weighted by atomic mass is 16.2. The molecule has 0 saturated carbocycles. The van der Waals surface area contributed by atoms with Gasteiger partial charge in [0.05, 0.1) is 28.2 Å². The molecule has 6 nitrogen and oxygen atoms in total. The molecule has 1 amide bonds. The van der Waals surface area contributed by atoms with Crippen LogP contribution in [-0.4, -0.2) is 26.6 Å². The normalized spacial score (nSPS) is 15.7. The molecule has 4 aromatic rings. The minimum atomic E-state index is -0.595. The Hall–Kier alpha value is -3.67. The van der Waals surface area contributed by atoms with Crippen LogP contribution in [0.1, 0.15) is 50.4 Å². The Bertz CT molecular complexity index is 1470. The quantitative estimate of drug-likeness (QED) is 0.438. The van der Waals surface area contributed by atoms with Crippen LogP contribution in [0.25, 0.3) is 22.4 Å². The van der Waals surface area contributed by atoms with Gasteiger partial charge < -0.3 is 14.0 Å². The van der Waals surface area contributed by atoms with Gasteiger partial charge in [0, 0.05) is 30.9 Å². The lowest BCUT2D eigenvalue weighted by Crippen LogP contribution is -2.35. The van der Waals surface area contributed by atoms with Crippen molar-refractivity contribution < 1.29 is 4.79 Å². The van der Waals surface area contributed by atoms with E-state index in [-0.39, 0.29) is 17.5 Å². The zero-order valence-electron chi connectivity index (χ0n) is 20.6. The van der Waals surface area contributed by atoms with Crippen LogP contribution in [0.15, 0.2) is 59.5 Å². The van der Waals surface area contributed by atoms with Crippen molar-refractivity contribution in [3.05, 3.63) is 81.8 Å². The van der Waals surface area contributed by atoms with E-state index in [1.54, 1.807) is 11.6 Å². The maximum atomic E-state index is 13.1. The summed E-state index contributed by atoms with van der Waals surface area (Å²) in [6, 6.07) is 16.4. The zero-order chi connectivity index (χ0) is 24.4. The second-order valence-electron chi connectivity index (χ2n) is 9.75. The number of carbonyl (C=O) groups excluding carboxylic acids is 1. The lowest BCUT2D eigenvalue weighted by Gasteiger charge is -2.20. The molecule has 2 aromatic heterocycles. The molecule has 0 saturated heterocycles. The Balaban J connectivity index is 1.84. The predicted molar refractivity (Wildman–Crippen MR) is 136 cm³/mol. The number of benzene rings is 2. The number of aromatic nitrogens is 3. The summed E-state index contributed by atoms with van der Waals surface area (Å²) in [4.78, 5) is 32.4. The highest BCUT2D eigenvalue weighted by Gasteiger charge is 2.44. The lowest BCUT2D eigenvalue weighted by molar-refractivity contribution is -0.122. The van der Waals surface area contributed by atoms with E-state index in [0.29, 0.717) is 12.1 Å². The number of hydrogen-bond donors (Lipinski definition) is 0. The van der Waals surface area contributed by atoms with Crippen LogP contribution in [0.3, 0.4) is 0 Å². The van der Waals surface area contributed by atoms with Gasteiger partial charge in [0.2, 0.25) is 5.91 Å². The smallest absolute Gasteiger partial charge is 0.253 e. The van der Waals surface area contributed by atoms with Gasteiger partial charge in [0.25, 0.3) is 5.56 Å². The van der Waals surface area contributed by atoms with E-state index >= 15 is 0 Å². The molecule has 174 valence electrons. The van der Waals surface area contributed by atoms with Gasteiger partial charge in [-0.15, -0.1) is 0 Å². The van der Waals surface area contributed by atoms with Crippen molar-refractivity contribution in [1.29, 1.82) is 0 Å². The number of pyridine rings is 1. The molecule has 0 N–H and O–H groups in total. The molecule has 3 heterocycles. The third-order valence-electron chi connectivity index (χ3n) is 7.16. The topological polar surface area (TPSA) is 60.1 Å². The maximum Gasteiger partial charge on any atom is 0.253 e. The van der Waals surface area contributed by atoms with Crippen LogP contribution in [0, 0.1) is 6.92 Å². The van der Waals surface area contributed by atoms with E-state index < -0.39 is 5.41 Å². The summed E-state index contributed by atoms with van der Waals surface area (Å²) in [6.45, 7) is 10.6. The van der Waals surface area contributed by atoms with E-state index in [1.165, 1.54) is 0 Å². The SMILES string of the molecule is CCN1C(=O)C(C)(C)c2cc3nc(-c4cc(C)c(=O)n(C)c4)n(C(C)c4ccccc4)c3cc21. The summed E-state index contributed by atoms with van der Waals surface area (Å²) in [5, 5.41) is 0. The summed E-state index contributed by atoms with van der Waals surface area (Å²) >= 11 is 0. The molecule has 0 aliphatic carbocycles. The molecule has 5 rings (SSSR count). The van der Waals surface area contributed by atoms with Crippen LogP contribution in [0.2, 0.25) is 0 Å². The first kappa shape index (κ1) is 22.1. The summed E-state index contributed by atoms with van der Waals surface area (Å²) in [7, 11) is 1.77. The molecule has 34 heavy (non-hydrogen) atoms. The Morgan fingerprint density at radius 1 is 1.06 bits per heavy atom. The first-order chi connectivity index (χ1) is 16.1. The lowest BCUT2D eigenvalue weighted by atomic mass is 9.86. The average Bonchev–Trinajstić information content (AvgIpc) is 3.28. The highest BCUT2D eigenvalue weighted by Crippen LogP contribution is 2.44. The standard InChI is InChI=1S/C28H30N4O2/c1-7-31-23-15-24-22(14-21(23)28(4,5)27(31)34)29-25(20-13-17(2)26(33)30(6)16-20)32(24)18(3)19-11-9-8-10-12-19/h8-16,18H,7H2,1-6H3. The molecule has 2 aromatic carbocycles. The molecular weight excluding hydrogens is 424 g/mol. The minimum Gasteiger partial charge on any atom is -0.318 e. The van der Waals surface area contributed by atoms with Crippen molar-refractivity contribution in [3.63, 3.8) is 0 Å². The number of amides is 1. The van der Waals surface area contributed by atoms with Gasteiger partial charge in [0.1, 0.15) is 5.82 Å². The summed E-state index contributed by atoms with van der Waals surface area (Å²) < 4.78 is 3.84. The first-order valence-corrected chi connectivity index (χ1v) is 11.8. The van der Waals surface area contributed by atoms with Crippen molar-refractivity contribution in [1.82, 2.24) is 14.1 Å². The monoisotopic (exact) mass is 454 g/mol. The molecule has 0 fully saturated rings. The molecule has 0 spiro atoms. The van der Waals surface area contributed by atoms with Gasteiger partial charge in [-0.3, -0.25) is 9.59 Å². The number of hydrogen-bond acceptors (Lipinski definition) is 3. The average molecular weight is 455 g/mol. The van der Waals surface area contributed by atoms with E-state index in [1.807, 2.05) is 63.1 Å². The number of imidazole rings is 1. The first-order valence-electron chi connectivity index (χ1n) is 11.8. The van der Waals surface area contributed by atoms with Crippen LogP contribution in [0.4, 0.5) is 5.69 Å². The third-order valence-corrected chi connectivity index (χ3v) is 7.16. The third kappa shape index (κ3) is 3.12. The molecule has 0 radical (unpaired) electrons. The Kier molecular flexibility index (Phi) is 5.01. The van der Waals surface area contributed by atoms with Gasteiger partial charge in [-0.1, -0.05) is 30.3 Å². The summed E-state index contributed by atoms with van der Waals surface area (Å²) in [5.74, 6) is 0.926. The fourth-order valence-corrected chi connectivity index (χ4v) is 5.21. The molecule has 6 heteroatoms. The van der Waals surface area contributed by atoms with E-state index in [2.05, 4.69) is 35.8 Å². The van der Waals surface area contributed by atoms with Gasteiger partial charge in [0.15, 0.2) is 0 Å². The van der Waals surface area contributed by atoms with Gasteiger partial charge in [-0.05, 0) is 63.9 Å². The van der Waals surface area contributed by atoms with E-state index in [9.17, 15) is 9.59 Å². The van der Waals surface area contributed by atoms with Crippen LogP contribution in [0.5, 0.6) is 0 Å². The van der Waals surface area contributed by atoms with Crippen LogP contribution < -0.4 is 10.5 Å². The fourth-order valence-electron chi connectivity index (χ4n) is 5.21. The summed E-state index contributed by atoms with van der Waals surface area (Å²) in [6.07, 6.45) is 1.85. The van der Waals surface area contributed by atoms with Crippen molar-refractivity contribution in [3.8, 4) is 11.4 Å². The van der Waals surface area contributed by atoms with Crippen molar-refractivity contribution in [2.24, 2.45) is 7.05 Å². The molecule has 1 aliphatic heterocycles. The number of rotatable bonds is 4. The Morgan fingerprint density at radius 2 is 1.76 bits per heavy atom. The molecular formula is C28H30N4O2. The van der Waals surface area contributed by atoms with Gasteiger partial charge in [-0.25, -0.2) is 4.98 Å². The molecule has 1 aliphatic rings. The number of nitrogens with zero attached hydrogens (tertiary/aromatic N) is 4. The summed E-state index contributed by atoms with van der Waals surface area (Å²) in [5.41, 5.74) is 5.90. The number of likely N-dealkylation sites (N-methyl/N-ethyl adjacent to an activating group) is 1. The number of aryl methyl sites for hydroxylation is 2. The van der Waals surface area contributed by atoms with Gasteiger partial charge in [-0.2, -0.15) is 0 Å². The Labute approximate surface area is 199 Å². The second kappa shape index (κ2) is 7.69. The van der Waals surface area contributed by atoms with Crippen molar-refractivity contribution in [2.45, 2.75) is 46.1 Å². The van der Waals surface area contributed by atoms with Crippen LogP contribution >= 0.6 is 0 Å². The molecule has 1 unspecified atom stereocenters. The largest absolute Gasteiger partial charge is 0.318 e. The maximum absolute atomic E-state index is 13.1. The predicted octanol–water partition coefficient (Wildman–Crippen LogP) is 4.96. The molecule has 1 atom stereocenters. The molecule has 0 bridgehead atoms. The van der Waals surface area contributed by atoms with E-state index in [4.69, 9.17) is 4.98 Å². The number of anilines is 1. The van der Waals surface area contributed by atoms with Gasteiger partial charge >= 0.3 is 0 Å².